The molecule has 1 aliphatic heterocycles. The fourth-order valence-corrected chi connectivity index (χ4v) is 4.50. The standard InChI is InChI=1S/C26H26FN5O4/c1-15-12-20(17(3)35-15)22-13-21(24-16(2)30-36-25(24)29-22)26(34)32-10-8-31(9-11-32)14-23(33)28-19-6-4-18(27)5-7-19/h4-7,12-13H,8-11,14H2,1-3H3,(H,28,33). The number of amides is 2. The summed E-state index contributed by atoms with van der Waals surface area (Å²) < 4.78 is 24.1. The van der Waals surface area contributed by atoms with E-state index >= 15 is 0 Å². The number of fused-ring (bicyclic) bond motifs is 1. The normalized spacial score (nSPS) is 14.4. The first-order valence-corrected chi connectivity index (χ1v) is 11.7. The predicted molar refractivity (Wildman–Crippen MR) is 131 cm³/mol. The fourth-order valence-electron chi connectivity index (χ4n) is 4.50. The van der Waals surface area contributed by atoms with Gasteiger partial charge in [0.05, 0.1) is 28.9 Å². The number of nitrogens with one attached hydrogen (secondary N) is 1. The third kappa shape index (κ3) is 4.72. The van der Waals surface area contributed by atoms with Crippen molar-refractivity contribution in [1.29, 1.82) is 0 Å². The lowest BCUT2D eigenvalue weighted by molar-refractivity contribution is -0.117. The van der Waals surface area contributed by atoms with Crippen LogP contribution < -0.4 is 5.32 Å². The predicted octanol–water partition coefficient (Wildman–Crippen LogP) is 3.94. The first kappa shape index (κ1) is 23.7. The first-order chi connectivity index (χ1) is 17.3. The smallest absolute Gasteiger partial charge is 0.259 e. The van der Waals surface area contributed by atoms with Crippen molar-refractivity contribution in [2.24, 2.45) is 0 Å². The number of carbonyl (C=O) groups is 2. The second kappa shape index (κ2) is 9.54. The Labute approximate surface area is 206 Å². The molecule has 0 atom stereocenters. The molecule has 1 N–H and O–H groups in total. The number of aromatic nitrogens is 2. The number of hydrogen-bond donors (Lipinski definition) is 1. The zero-order valence-corrected chi connectivity index (χ0v) is 20.3. The van der Waals surface area contributed by atoms with E-state index in [2.05, 4.69) is 15.5 Å². The van der Waals surface area contributed by atoms with Crippen LogP contribution in [0.1, 0.15) is 27.6 Å². The minimum Gasteiger partial charge on any atom is -0.466 e. The van der Waals surface area contributed by atoms with Crippen molar-refractivity contribution in [2.75, 3.05) is 38.0 Å². The van der Waals surface area contributed by atoms with Crippen LogP contribution in [-0.2, 0) is 4.79 Å². The zero-order chi connectivity index (χ0) is 25.4. The summed E-state index contributed by atoms with van der Waals surface area (Å²) in [7, 11) is 0. The summed E-state index contributed by atoms with van der Waals surface area (Å²) in [5.41, 5.74) is 3.32. The van der Waals surface area contributed by atoms with Crippen LogP contribution in [0.2, 0.25) is 0 Å². The zero-order valence-electron chi connectivity index (χ0n) is 20.3. The van der Waals surface area contributed by atoms with E-state index in [0.717, 1.165) is 11.3 Å². The molecule has 4 heterocycles. The highest BCUT2D eigenvalue weighted by Gasteiger charge is 2.27. The maximum absolute atomic E-state index is 13.6. The van der Waals surface area contributed by atoms with E-state index in [1.165, 1.54) is 24.3 Å². The van der Waals surface area contributed by atoms with Gasteiger partial charge >= 0.3 is 0 Å². The fraction of sp³-hybridized carbons (Fsp3) is 0.308. The van der Waals surface area contributed by atoms with Crippen molar-refractivity contribution < 1.29 is 22.9 Å². The van der Waals surface area contributed by atoms with Crippen molar-refractivity contribution in [3.05, 3.63) is 65.0 Å². The van der Waals surface area contributed by atoms with Gasteiger partial charge in [-0.25, -0.2) is 9.37 Å². The number of aryl methyl sites for hydroxylation is 3. The van der Waals surface area contributed by atoms with Gasteiger partial charge in [-0.05, 0) is 57.2 Å². The second-order valence-corrected chi connectivity index (χ2v) is 8.95. The molecule has 0 radical (unpaired) electrons. The molecule has 0 aliphatic carbocycles. The highest BCUT2D eigenvalue weighted by Crippen LogP contribution is 2.31. The van der Waals surface area contributed by atoms with Crippen LogP contribution in [0.25, 0.3) is 22.4 Å². The molecule has 1 fully saturated rings. The molecule has 10 heteroatoms. The van der Waals surface area contributed by atoms with Crippen LogP contribution in [-0.4, -0.2) is 64.5 Å². The van der Waals surface area contributed by atoms with Gasteiger partial charge in [0.1, 0.15) is 17.3 Å². The van der Waals surface area contributed by atoms with Gasteiger partial charge in [-0.15, -0.1) is 0 Å². The third-order valence-corrected chi connectivity index (χ3v) is 6.32. The summed E-state index contributed by atoms with van der Waals surface area (Å²) in [5, 5.41) is 7.39. The number of pyridine rings is 1. The molecule has 186 valence electrons. The maximum Gasteiger partial charge on any atom is 0.259 e. The lowest BCUT2D eigenvalue weighted by Crippen LogP contribution is -2.50. The summed E-state index contributed by atoms with van der Waals surface area (Å²) in [4.78, 5) is 34.3. The summed E-state index contributed by atoms with van der Waals surface area (Å²) in [5.74, 6) is 0.784. The van der Waals surface area contributed by atoms with Crippen molar-refractivity contribution in [2.45, 2.75) is 20.8 Å². The molecule has 0 spiro atoms. The minimum atomic E-state index is -0.358. The lowest BCUT2D eigenvalue weighted by Gasteiger charge is -2.34. The second-order valence-electron chi connectivity index (χ2n) is 8.95. The number of piperazine rings is 1. The molecular weight excluding hydrogens is 465 g/mol. The Morgan fingerprint density at radius 2 is 1.78 bits per heavy atom. The number of carbonyl (C=O) groups excluding carboxylic acids is 2. The highest BCUT2D eigenvalue weighted by atomic mass is 19.1. The first-order valence-electron chi connectivity index (χ1n) is 11.7. The van der Waals surface area contributed by atoms with E-state index in [4.69, 9.17) is 8.94 Å². The number of rotatable bonds is 5. The molecule has 1 aliphatic rings. The van der Waals surface area contributed by atoms with E-state index < -0.39 is 0 Å². The van der Waals surface area contributed by atoms with E-state index in [1.807, 2.05) is 24.8 Å². The number of anilines is 1. The number of hydrogen-bond acceptors (Lipinski definition) is 7. The van der Waals surface area contributed by atoms with Gasteiger partial charge in [-0.3, -0.25) is 14.5 Å². The highest BCUT2D eigenvalue weighted by molar-refractivity contribution is 6.07. The minimum absolute atomic E-state index is 0.136. The van der Waals surface area contributed by atoms with Crippen LogP contribution in [0.3, 0.4) is 0 Å². The molecule has 4 aromatic rings. The van der Waals surface area contributed by atoms with Gasteiger partial charge in [0.25, 0.3) is 11.6 Å². The van der Waals surface area contributed by atoms with Crippen molar-refractivity contribution in [1.82, 2.24) is 19.9 Å². The van der Waals surface area contributed by atoms with Crippen LogP contribution in [0, 0.1) is 26.6 Å². The average Bonchev–Trinajstić information content (AvgIpc) is 3.40. The Kier molecular flexibility index (Phi) is 6.27. The summed E-state index contributed by atoms with van der Waals surface area (Å²) in [6, 6.07) is 9.30. The van der Waals surface area contributed by atoms with Crippen LogP contribution >= 0.6 is 0 Å². The molecule has 1 saturated heterocycles. The summed E-state index contributed by atoms with van der Waals surface area (Å²) >= 11 is 0. The third-order valence-electron chi connectivity index (χ3n) is 6.32. The van der Waals surface area contributed by atoms with Gasteiger partial charge in [-0.1, -0.05) is 5.16 Å². The van der Waals surface area contributed by atoms with E-state index in [-0.39, 0.29) is 24.2 Å². The topological polar surface area (TPSA) is 105 Å². The number of nitrogens with zero attached hydrogens (tertiary/aromatic N) is 4. The Balaban J connectivity index is 1.29. The molecule has 0 saturated carbocycles. The molecule has 0 unspecified atom stereocenters. The Bertz CT molecular complexity index is 1430. The van der Waals surface area contributed by atoms with E-state index in [0.29, 0.717) is 65.7 Å². The van der Waals surface area contributed by atoms with Gasteiger partial charge in [-0.2, -0.15) is 0 Å². The van der Waals surface area contributed by atoms with Gasteiger partial charge in [0.2, 0.25) is 5.91 Å². The summed E-state index contributed by atoms with van der Waals surface area (Å²) in [6.45, 7) is 7.72. The van der Waals surface area contributed by atoms with Crippen molar-refractivity contribution in [3.8, 4) is 11.3 Å². The van der Waals surface area contributed by atoms with Gasteiger partial charge < -0.3 is 19.2 Å². The largest absolute Gasteiger partial charge is 0.466 e. The van der Waals surface area contributed by atoms with E-state index in [1.54, 1.807) is 17.9 Å². The van der Waals surface area contributed by atoms with Gasteiger partial charge in [0, 0.05) is 37.4 Å². The molecular formula is C26H26FN5O4. The quantitative estimate of drug-likeness (QED) is 0.451. The molecule has 36 heavy (non-hydrogen) atoms. The molecule has 2 amide bonds. The monoisotopic (exact) mass is 491 g/mol. The summed E-state index contributed by atoms with van der Waals surface area (Å²) in [6.07, 6.45) is 0. The Hall–Kier alpha value is -4.05. The molecule has 9 nitrogen and oxygen atoms in total. The number of benzene rings is 1. The Morgan fingerprint density at radius 1 is 1.06 bits per heavy atom. The SMILES string of the molecule is Cc1cc(-c2cc(C(=O)N3CCN(CC(=O)Nc4ccc(F)cc4)CC3)c3c(C)noc3n2)c(C)o1. The average molecular weight is 492 g/mol. The maximum atomic E-state index is 13.6. The molecule has 0 bridgehead atoms. The lowest BCUT2D eigenvalue weighted by atomic mass is 10.0. The number of halogens is 1. The van der Waals surface area contributed by atoms with E-state index in [9.17, 15) is 14.0 Å². The Morgan fingerprint density at radius 3 is 2.44 bits per heavy atom. The number of furan rings is 1. The van der Waals surface area contributed by atoms with Gasteiger partial charge in [0.15, 0.2) is 0 Å². The molecule has 5 rings (SSSR count). The van der Waals surface area contributed by atoms with Crippen molar-refractivity contribution in [3.63, 3.8) is 0 Å². The van der Waals surface area contributed by atoms with Crippen molar-refractivity contribution >= 4 is 28.6 Å². The van der Waals surface area contributed by atoms with Crippen LogP contribution in [0.5, 0.6) is 0 Å². The molecule has 1 aromatic carbocycles. The van der Waals surface area contributed by atoms with Crippen LogP contribution in [0.15, 0.2) is 45.3 Å². The molecule has 3 aromatic heterocycles. The van der Waals surface area contributed by atoms with Crippen LogP contribution in [0.4, 0.5) is 10.1 Å².